The maximum absolute atomic E-state index is 11.6. The molecular weight excluding hydrogens is 202 g/mol. The van der Waals surface area contributed by atoms with Gasteiger partial charge in [-0.15, -0.1) is 0 Å². The van der Waals surface area contributed by atoms with Gasteiger partial charge in [-0.1, -0.05) is 6.92 Å². The van der Waals surface area contributed by atoms with E-state index in [-0.39, 0.29) is 0 Å². The minimum absolute atomic E-state index is 0.309. The zero-order chi connectivity index (χ0) is 12.0. The van der Waals surface area contributed by atoms with Crippen molar-refractivity contribution in [3.63, 3.8) is 0 Å². The van der Waals surface area contributed by atoms with Crippen LogP contribution in [0.5, 0.6) is 0 Å². The number of hydrogen-bond acceptors (Lipinski definition) is 3. The van der Waals surface area contributed by atoms with E-state index < -0.39 is 0 Å². The first kappa shape index (κ1) is 12.9. The zero-order valence-corrected chi connectivity index (χ0v) is 10.1. The van der Waals surface area contributed by atoms with Gasteiger partial charge in [0.05, 0.1) is 0 Å². The Morgan fingerprint density at radius 1 is 1.56 bits per heavy atom. The van der Waals surface area contributed by atoms with E-state index in [1.807, 2.05) is 17.8 Å². The Morgan fingerprint density at radius 2 is 2.31 bits per heavy atom. The first-order chi connectivity index (χ1) is 7.63. The van der Waals surface area contributed by atoms with Crippen molar-refractivity contribution < 1.29 is 4.79 Å². The Morgan fingerprint density at radius 3 is 2.88 bits per heavy atom. The number of carbonyl (C=O) groups excluding carboxylic acids is 1. The average Bonchev–Trinajstić information content (AvgIpc) is 2.69. The Balaban J connectivity index is 2.23. The van der Waals surface area contributed by atoms with Gasteiger partial charge in [-0.3, -0.25) is 4.79 Å². The van der Waals surface area contributed by atoms with Gasteiger partial charge in [0.25, 0.3) is 0 Å². The smallest absolute Gasteiger partial charge is 0.133 e. The number of hydrogen-bond donors (Lipinski definition) is 1. The molecule has 0 aliphatic rings. The fourth-order valence-electron chi connectivity index (χ4n) is 1.54. The van der Waals surface area contributed by atoms with Crippen LogP contribution in [0.25, 0.3) is 0 Å². The van der Waals surface area contributed by atoms with Crippen LogP contribution in [-0.4, -0.2) is 21.9 Å². The van der Waals surface area contributed by atoms with E-state index >= 15 is 0 Å². The van der Waals surface area contributed by atoms with Crippen LogP contribution >= 0.6 is 0 Å². The molecule has 1 rings (SSSR count). The van der Waals surface area contributed by atoms with Gasteiger partial charge in [0, 0.05) is 38.7 Å². The minimum atomic E-state index is 0.309. The Bertz CT molecular complexity index is 333. The fourth-order valence-corrected chi connectivity index (χ4v) is 1.54. The van der Waals surface area contributed by atoms with Gasteiger partial charge >= 0.3 is 0 Å². The lowest BCUT2D eigenvalue weighted by molar-refractivity contribution is -0.119. The molecule has 0 aliphatic carbocycles. The molecule has 90 valence electrons. The molecule has 4 heteroatoms. The summed E-state index contributed by atoms with van der Waals surface area (Å²) in [6.07, 6.45) is 6.52. The standard InChI is InChI=1S/C12H21N3O/c1-10(9-13)3-4-11(16)5-6-12-14-7-8-15(12)2/h7-8,10H,3-6,9,13H2,1-2H3. The zero-order valence-electron chi connectivity index (χ0n) is 10.1. The highest BCUT2D eigenvalue weighted by Crippen LogP contribution is 2.07. The third kappa shape index (κ3) is 4.14. The highest BCUT2D eigenvalue weighted by molar-refractivity contribution is 5.78. The van der Waals surface area contributed by atoms with Crippen molar-refractivity contribution in [2.24, 2.45) is 18.7 Å². The van der Waals surface area contributed by atoms with Crippen molar-refractivity contribution in [2.45, 2.75) is 32.6 Å². The quantitative estimate of drug-likeness (QED) is 0.758. The monoisotopic (exact) mass is 223 g/mol. The first-order valence-corrected chi connectivity index (χ1v) is 5.81. The minimum Gasteiger partial charge on any atom is -0.338 e. The molecule has 0 saturated heterocycles. The average molecular weight is 223 g/mol. The maximum atomic E-state index is 11.6. The van der Waals surface area contributed by atoms with E-state index in [1.165, 1.54) is 0 Å². The molecule has 1 atom stereocenters. The molecule has 0 saturated carbocycles. The Kier molecular flexibility index (Phi) is 5.19. The second kappa shape index (κ2) is 6.43. The molecular formula is C12H21N3O. The summed E-state index contributed by atoms with van der Waals surface area (Å²) < 4.78 is 1.95. The van der Waals surface area contributed by atoms with E-state index in [1.54, 1.807) is 6.20 Å². The predicted molar refractivity (Wildman–Crippen MR) is 64.0 cm³/mol. The van der Waals surface area contributed by atoms with Crippen LogP contribution in [0.2, 0.25) is 0 Å². The molecule has 1 aromatic rings. The van der Waals surface area contributed by atoms with E-state index in [9.17, 15) is 4.79 Å². The number of ketones is 1. The SMILES string of the molecule is CC(CN)CCC(=O)CCc1nccn1C. The Labute approximate surface area is 96.9 Å². The van der Waals surface area contributed by atoms with Crippen molar-refractivity contribution >= 4 is 5.78 Å². The molecule has 0 amide bonds. The molecule has 0 fully saturated rings. The maximum Gasteiger partial charge on any atom is 0.133 e. The number of carbonyl (C=O) groups is 1. The van der Waals surface area contributed by atoms with E-state index in [0.717, 1.165) is 18.7 Å². The number of Topliss-reactive ketones (excluding diaryl/α,β-unsaturated/α-hetero) is 1. The van der Waals surface area contributed by atoms with Gasteiger partial charge < -0.3 is 10.3 Å². The molecule has 1 unspecified atom stereocenters. The van der Waals surface area contributed by atoms with Crippen LogP contribution in [0.3, 0.4) is 0 Å². The highest BCUT2D eigenvalue weighted by Gasteiger charge is 2.07. The van der Waals surface area contributed by atoms with Crippen LogP contribution in [-0.2, 0) is 18.3 Å². The number of imidazole rings is 1. The molecule has 0 spiro atoms. The molecule has 1 heterocycles. The van der Waals surface area contributed by atoms with Crippen molar-refractivity contribution in [3.05, 3.63) is 18.2 Å². The number of nitrogens with zero attached hydrogens (tertiary/aromatic N) is 2. The van der Waals surface area contributed by atoms with Gasteiger partial charge in [0.15, 0.2) is 0 Å². The van der Waals surface area contributed by atoms with Crippen LogP contribution in [0.4, 0.5) is 0 Å². The third-order valence-electron chi connectivity index (χ3n) is 2.87. The molecule has 4 nitrogen and oxygen atoms in total. The van der Waals surface area contributed by atoms with Gasteiger partial charge in [-0.05, 0) is 18.9 Å². The van der Waals surface area contributed by atoms with E-state index in [2.05, 4.69) is 11.9 Å². The summed E-state index contributed by atoms with van der Waals surface area (Å²) >= 11 is 0. The molecule has 0 bridgehead atoms. The lowest BCUT2D eigenvalue weighted by Crippen LogP contribution is -2.12. The summed E-state index contributed by atoms with van der Waals surface area (Å²) in [6.45, 7) is 2.73. The van der Waals surface area contributed by atoms with Crippen molar-refractivity contribution in [2.75, 3.05) is 6.54 Å². The molecule has 0 radical (unpaired) electrons. The van der Waals surface area contributed by atoms with Crippen molar-refractivity contribution in [1.82, 2.24) is 9.55 Å². The van der Waals surface area contributed by atoms with Gasteiger partial charge in [-0.2, -0.15) is 0 Å². The fraction of sp³-hybridized carbons (Fsp3) is 0.667. The van der Waals surface area contributed by atoms with Crippen LogP contribution in [0.15, 0.2) is 12.4 Å². The molecule has 16 heavy (non-hydrogen) atoms. The predicted octanol–water partition coefficient (Wildman–Crippen LogP) is 1.30. The lowest BCUT2D eigenvalue weighted by Gasteiger charge is -2.07. The number of aryl methyl sites for hydroxylation is 2. The normalized spacial score (nSPS) is 12.7. The van der Waals surface area contributed by atoms with Crippen molar-refractivity contribution in [1.29, 1.82) is 0 Å². The molecule has 1 aromatic heterocycles. The van der Waals surface area contributed by atoms with Gasteiger partial charge in [0.1, 0.15) is 11.6 Å². The summed E-state index contributed by atoms with van der Waals surface area (Å²) in [6, 6.07) is 0. The topological polar surface area (TPSA) is 60.9 Å². The number of aromatic nitrogens is 2. The second-order valence-corrected chi connectivity index (χ2v) is 4.37. The lowest BCUT2D eigenvalue weighted by atomic mass is 10.0. The summed E-state index contributed by atoms with van der Waals surface area (Å²) in [5.41, 5.74) is 5.50. The summed E-state index contributed by atoms with van der Waals surface area (Å²) in [5.74, 6) is 1.72. The molecule has 0 aromatic carbocycles. The first-order valence-electron chi connectivity index (χ1n) is 5.81. The number of rotatable bonds is 7. The van der Waals surface area contributed by atoms with E-state index in [4.69, 9.17) is 5.73 Å². The summed E-state index contributed by atoms with van der Waals surface area (Å²) in [4.78, 5) is 15.8. The van der Waals surface area contributed by atoms with Crippen molar-refractivity contribution in [3.8, 4) is 0 Å². The van der Waals surface area contributed by atoms with E-state index in [0.29, 0.717) is 31.1 Å². The third-order valence-corrected chi connectivity index (χ3v) is 2.87. The van der Waals surface area contributed by atoms with Crippen LogP contribution in [0, 0.1) is 5.92 Å². The largest absolute Gasteiger partial charge is 0.338 e. The highest BCUT2D eigenvalue weighted by atomic mass is 16.1. The van der Waals surface area contributed by atoms with Crippen LogP contribution < -0.4 is 5.73 Å². The second-order valence-electron chi connectivity index (χ2n) is 4.37. The Hall–Kier alpha value is -1.16. The summed E-state index contributed by atoms with van der Waals surface area (Å²) in [7, 11) is 1.95. The van der Waals surface area contributed by atoms with Crippen LogP contribution in [0.1, 0.15) is 32.0 Å². The molecule has 0 aliphatic heterocycles. The number of nitrogens with two attached hydrogens (primary N) is 1. The van der Waals surface area contributed by atoms with Gasteiger partial charge in [-0.25, -0.2) is 4.98 Å². The van der Waals surface area contributed by atoms with Gasteiger partial charge in [0.2, 0.25) is 0 Å². The summed E-state index contributed by atoms with van der Waals surface area (Å²) in [5, 5.41) is 0. The molecule has 2 N–H and O–H groups in total.